The molecule has 148 valence electrons. The quantitative estimate of drug-likeness (QED) is 0.159. The minimum atomic E-state index is -0.103. The highest BCUT2D eigenvalue weighted by Gasteiger charge is 1.97. The van der Waals surface area contributed by atoms with Crippen LogP contribution in [0.2, 0.25) is 0 Å². The van der Waals surface area contributed by atoms with Gasteiger partial charge in [0.25, 0.3) is 0 Å². The molecule has 0 atom stereocenters. The Labute approximate surface area is 161 Å². The van der Waals surface area contributed by atoms with Crippen molar-refractivity contribution in [2.75, 3.05) is 19.0 Å². The highest BCUT2D eigenvalue weighted by molar-refractivity contribution is 6.18. The summed E-state index contributed by atoms with van der Waals surface area (Å²) in [5.74, 6) is 0.460. The molecule has 0 aliphatic rings. The SMILES string of the molecule is CCCCCCCC/C=C\CCCCCCCCNC(=O)NCCCl. The molecule has 4 heteroatoms. The number of alkyl halides is 1. The van der Waals surface area contributed by atoms with Gasteiger partial charge in [-0.05, 0) is 32.1 Å². The van der Waals surface area contributed by atoms with E-state index in [2.05, 4.69) is 29.7 Å². The molecular weight excluding hydrogens is 332 g/mol. The molecule has 0 aliphatic carbocycles. The minimum Gasteiger partial charge on any atom is -0.338 e. The maximum Gasteiger partial charge on any atom is 0.314 e. The maximum atomic E-state index is 11.3. The lowest BCUT2D eigenvalue weighted by molar-refractivity contribution is 0.241. The predicted molar refractivity (Wildman–Crippen MR) is 112 cm³/mol. The molecule has 0 aromatic rings. The zero-order valence-corrected chi connectivity index (χ0v) is 17.2. The van der Waals surface area contributed by atoms with Gasteiger partial charge >= 0.3 is 6.03 Å². The van der Waals surface area contributed by atoms with Crippen LogP contribution in [0.1, 0.15) is 96.8 Å². The van der Waals surface area contributed by atoms with E-state index in [-0.39, 0.29) is 6.03 Å². The number of carbonyl (C=O) groups excluding carboxylic acids is 1. The Morgan fingerprint density at radius 2 is 1.20 bits per heavy atom. The number of unbranched alkanes of at least 4 members (excludes halogenated alkanes) is 12. The van der Waals surface area contributed by atoms with Gasteiger partial charge in [0.1, 0.15) is 0 Å². The highest BCUT2D eigenvalue weighted by Crippen LogP contribution is 2.09. The number of hydrogen-bond acceptors (Lipinski definition) is 1. The van der Waals surface area contributed by atoms with Gasteiger partial charge < -0.3 is 10.6 Å². The first-order chi connectivity index (χ1) is 12.3. The standard InChI is InChI=1S/C21H41ClN2O/c1-2-3-4-5-6-7-8-9-10-11-12-13-14-15-16-17-19-23-21(25)24-20-18-22/h9-10H,2-8,11-20H2,1H3,(H2,23,24,25)/b10-9-. The topological polar surface area (TPSA) is 41.1 Å². The third kappa shape index (κ3) is 21.3. The summed E-state index contributed by atoms with van der Waals surface area (Å²) in [5.41, 5.74) is 0. The van der Waals surface area contributed by atoms with E-state index in [4.69, 9.17) is 11.6 Å². The number of halogens is 1. The molecule has 0 fully saturated rings. The second-order valence-electron chi connectivity index (χ2n) is 6.81. The molecule has 0 saturated heterocycles. The van der Waals surface area contributed by atoms with Gasteiger partial charge in [-0.2, -0.15) is 0 Å². The fourth-order valence-electron chi connectivity index (χ4n) is 2.80. The molecule has 2 amide bonds. The fraction of sp³-hybridized carbons (Fsp3) is 0.857. The number of hydrogen-bond donors (Lipinski definition) is 2. The van der Waals surface area contributed by atoms with Crippen molar-refractivity contribution in [1.29, 1.82) is 0 Å². The summed E-state index contributed by atoms with van der Waals surface area (Å²) in [4.78, 5) is 11.3. The Kier molecular flexibility index (Phi) is 20.7. The molecule has 0 aromatic carbocycles. The van der Waals surface area contributed by atoms with Crippen molar-refractivity contribution >= 4 is 17.6 Å². The van der Waals surface area contributed by atoms with Gasteiger partial charge in [-0.3, -0.25) is 0 Å². The van der Waals surface area contributed by atoms with Crippen molar-refractivity contribution < 1.29 is 4.79 Å². The summed E-state index contributed by atoms with van der Waals surface area (Å²) < 4.78 is 0. The first-order valence-electron chi connectivity index (χ1n) is 10.5. The number of urea groups is 1. The van der Waals surface area contributed by atoms with Crippen LogP contribution < -0.4 is 10.6 Å². The summed E-state index contributed by atoms with van der Waals surface area (Å²) in [7, 11) is 0. The van der Waals surface area contributed by atoms with Crippen LogP contribution in [0.15, 0.2) is 12.2 Å². The molecule has 0 radical (unpaired) electrons. The Bertz CT molecular complexity index is 308. The van der Waals surface area contributed by atoms with Crippen LogP contribution in [0.4, 0.5) is 4.79 Å². The Hall–Kier alpha value is -0.700. The number of rotatable bonds is 18. The molecule has 25 heavy (non-hydrogen) atoms. The van der Waals surface area contributed by atoms with E-state index in [9.17, 15) is 4.79 Å². The van der Waals surface area contributed by atoms with Crippen LogP contribution in [0.3, 0.4) is 0 Å². The molecule has 0 unspecified atom stereocenters. The number of allylic oxidation sites excluding steroid dienone is 2. The van der Waals surface area contributed by atoms with E-state index >= 15 is 0 Å². The van der Waals surface area contributed by atoms with Crippen molar-refractivity contribution in [3.63, 3.8) is 0 Å². The molecular formula is C21H41ClN2O. The normalized spacial score (nSPS) is 11.1. The largest absolute Gasteiger partial charge is 0.338 e. The average molecular weight is 373 g/mol. The van der Waals surface area contributed by atoms with Gasteiger partial charge in [0.05, 0.1) is 0 Å². The highest BCUT2D eigenvalue weighted by atomic mass is 35.5. The fourth-order valence-corrected chi connectivity index (χ4v) is 2.89. The van der Waals surface area contributed by atoms with Crippen LogP contribution in [0, 0.1) is 0 Å². The molecule has 0 heterocycles. The summed E-state index contributed by atoms with van der Waals surface area (Å²) in [6.45, 7) is 3.56. The molecule has 0 aromatic heterocycles. The van der Waals surface area contributed by atoms with E-state index in [1.807, 2.05) is 0 Å². The van der Waals surface area contributed by atoms with Crippen molar-refractivity contribution in [1.82, 2.24) is 10.6 Å². The summed E-state index contributed by atoms with van der Waals surface area (Å²) in [6.07, 6.45) is 23.0. The lowest BCUT2D eigenvalue weighted by Gasteiger charge is -2.06. The Morgan fingerprint density at radius 3 is 1.76 bits per heavy atom. The van der Waals surface area contributed by atoms with Crippen LogP contribution in [0.5, 0.6) is 0 Å². The molecule has 0 rings (SSSR count). The van der Waals surface area contributed by atoms with Gasteiger partial charge in [0.2, 0.25) is 0 Å². The van der Waals surface area contributed by atoms with Gasteiger partial charge in [-0.25, -0.2) is 4.79 Å². The molecule has 0 aliphatic heterocycles. The number of amides is 2. The second-order valence-corrected chi connectivity index (χ2v) is 7.19. The van der Waals surface area contributed by atoms with Gasteiger partial charge in [0.15, 0.2) is 0 Å². The van der Waals surface area contributed by atoms with Crippen LogP contribution >= 0.6 is 11.6 Å². The zero-order valence-electron chi connectivity index (χ0n) is 16.5. The minimum absolute atomic E-state index is 0.103. The summed E-state index contributed by atoms with van der Waals surface area (Å²) in [6, 6.07) is -0.103. The molecule has 2 N–H and O–H groups in total. The molecule has 0 spiro atoms. The van der Waals surface area contributed by atoms with E-state index in [0.29, 0.717) is 12.4 Å². The predicted octanol–water partition coefficient (Wildman–Crippen LogP) is 6.56. The third-order valence-corrected chi connectivity index (χ3v) is 4.54. The first kappa shape index (κ1) is 24.3. The van der Waals surface area contributed by atoms with Gasteiger partial charge in [-0.1, -0.05) is 76.9 Å². The monoisotopic (exact) mass is 372 g/mol. The molecule has 0 bridgehead atoms. The second kappa shape index (κ2) is 21.3. The first-order valence-corrected chi connectivity index (χ1v) is 11.1. The van der Waals surface area contributed by atoms with Crippen molar-refractivity contribution in [2.45, 2.75) is 96.8 Å². The van der Waals surface area contributed by atoms with E-state index in [1.165, 1.54) is 83.5 Å². The lowest BCUT2D eigenvalue weighted by Crippen LogP contribution is -2.36. The van der Waals surface area contributed by atoms with Crippen molar-refractivity contribution in [3.8, 4) is 0 Å². The van der Waals surface area contributed by atoms with Crippen LogP contribution in [0.25, 0.3) is 0 Å². The van der Waals surface area contributed by atoms with Crippen molar-refractivity contribution in [3.05, 3.63) is 12.2 Å². The third-order valence-electron chi connectivity index (χ3n) is 4.35. The average Bonchev–Trinajstić information content (AvgIpc) is 2.62. The van der Waals surface area contributed by atoms with Gasteiger partial charge in [0, 0.05) is 19.0 Å². The van der Waals surface area contributed by atoms with Crippen LogP contribution in [-0.2, 0) is 0 Å². The number of carbonyl (C=O) groups is 1. The van der Waals surface area contributed by atoms with Gasteiger partial charge in [-0.15, -0.1) is 11.6 Å². The summed E-state index contributed by atoms with van der Waals surface area (Å²) in [5, 5.41) is 5.55. The Balaban J connectivity index is 3.13. The molecule has 3 nitrogen and oxygen atoms in total. The zero-order chi connectivity index (χ0) is 18.4. The Morgan fingerprint density at radius 1 is 0.720 bits per heavy atom. The lowest BCUT2D eigenvalue weighted by atomic mass is 10.1. The van der Waals surface area contributed by atoms with E-state index < -0.39 is 0 Å². The summed E-state index contributed by atoms with van der Waals surface area (Å²) >= 11 is 5.51. The van der Waals surface area contributed by atoms with E-state index in [1.54, 1.807) is 0 Å². The van der Waals surface area contributed by atoms with E-state index in [0.717, 1.165) is 13.0 Å². The number of nitrogens with one attached hydrogen (secondary N) is 2. The molecule has 0 saturated carbocycles. The van der Waals surface area contributed by atoms with Crippen LogP contribution in [-0.4, -0.2) is 25.0 Å². The van der Waals surface area contributed by atoms with Crippen molar-refractivity contribution in [2.24, 2.45) is 0 Å². The maximum absolute atomic E-state index is 11.3. The smallest absolute Gasteiger partial charge is 0.314 e.